The van der Waals surface area contributed by atoms with Crippen LogP contribution in [0, 0.1) is 0 Å². The predicted molar refractivity (Wildman–Crippen MR) is 59.7 cm³/mol. The highest BCUT2D eigenvalue weighted by atomic mass is 35.5. The number of halogens is 4. The molecule has 0 aliphatic carbocycles. The first kappa shape index (κ1) is 14.6. The zero-order valence-corrected chi connectivity index (χ0v) is 9.88. The van der Waals surface area contributed by atoms with Crippen molar-refractivity contribution in [2.45, 2.75) is 6.18 Å². The lowest BCUT2D eigenvalue weighted by Gasteiger charge is -2.22. The van der Waals surface area contributed by atoms with Gasteiger partial charge in [-0.25, -0.2) is 0 Å². The molecule has 0 radical (unpaired) electrons. The molecule has 1 aromatic heterocycles. The lowest BCUT2D eigenvalue weighted by atomic mass is 10.3. The molecule has 0 aliphatic rings. The second-order valence-electron chi connectivity index (χ2n) is 3.46. The summed E-state index contributed by atoms with van der Waals surface area (Å²) in [6.07, 6.45) is -4.52. The van der Waals surface area contributed by atoms with Crippen LogP contribution in [-0.4, -0.2) is 40.9 Å². The van der Waals surface area contributed by atoms with E-state index < -0.39 is 24.2 Å². The van der Waals surface area contributed by atoms with Gasteiger partial charge in [0.05, 0.1) is 0 Å². The maximum atomic E-state index is 12.3. The van der Waals surface area contributed by atoms with Crippen LogP contribution in [-0.2, 0) is 0 Å². The number of carbonyl (C=O) groups excluding carboxylic acids is 1. The van der Waals surface area contributed by atoms with Gasteiger partial charge in [0.1, 0.15) is 12.2 Å². The maximum Gasteiger partial charge on any atom is 0.406 e. The van der Waals surface area contributed by atoms with E-state index in [9.17, 15) is 22.8 Å². The van der Waals surface area contributed by atoms with E-state index in [2.05, 4.69) is 4.98 Å². The van der Waals surface area contributed by atoms with Crippen molar-refractivity contribution >= 4 is 17.5 Å². The van der Waals surface area contributed by atoms with E-state index in [4.69, 9.17) is 11.6 Å². The van der Waals surface area contributed by atoms with Crippen LogP contribution >= 0.6 is 11.6 Å². The van der Waals surface area contributed by atoms with Crippen LogP contribution in [0.5, 0.6) is 0 Å². The Labute approximate surface area is 105 Å². The highest BCUT2D eigenvalue weighted by Crippen LogP contribution is 2.17. The second kappa shape index (κ2) is 5.90. The molecular formula is C10H10ClF3N2O2. The molecule has 8 heteroatoms. The molecule has 1 rings (SSSR count). The first-order valence-corrected chi connectivity index (χ1v) is 5.48. The minimum atomic E-state index is -4.52. The molecule has 0 bridgehead atoms. The number of aromatic amines is 1. The molecule has 1 amide bonds. The third-order valence-corrected chi connectivity index (χ3v) is 2.18. The van der Waals surface area contributed by atoms with Crippen LogP contribution in [0.1, 0.15) is 10.5 Å². The van der Waals surface area contributed by atoms with Gasteiger partial charge in [0, 0.05) is 18.5 Å². The van der Waals surface area contributed by atoms with Crippen molar-refractivity contribution in [3.05, 3.63) is 34.2 Å². The Balaban J connectivity index is 2.92. The highest BCUT2D eigenvalue weighted by Gasteiger charge is 2.33. The molecule has 1 aromatic rings. The van der Waals surface area contributed by atoms with Crippen molar-refractivity contribution in [1.29, 1.82) is 0 Å². The number of amides is 1. The van der Waals surface area contributed by atoms with E-state index in [1.165, 1.54) is 12.1 Å². The Morgan fingerprint density at radius 2 is 2.06 bits per heavy atom. The summed E-state index contributed by atoms with van der Waals surface area (Å²) in [6.45, 7) is -1.66. The summed E-state index contributed by atoms with van der Waals surface area (Å²) in [7, 11) is 0. The topological polar surface area (TPSA) is 53.2 Å². The minimum absolute atomic E-state index is 0.126. The lowest BCUT2D eigenvalue weighted by Crippen LogP contribution is -2.40. The Morgan fingerprint density at radius 1 is 1.39 bits per heavy atom. The third-order valence-electron chi connectivity index (χ3n) is 2.01. The van der Waals surface area contributed by atoms with E-state index in [0.717, 1.165) is 6.07 Å². The number of aromatic nitrogens is 1. The van der Waals surface area contributed by atoms with Gasteiger partial charge >= 0.3 is 6.18 Å². The number of rotatable bonds is 4. The number of nitrogens with zero attached hydrogens (tertiary/aromatic N) is 1. The third kappa shape index (κ3) is 4.40. The molecule has 0 atom stereocenters. The maximum absolute atomic E-state index is 12.3. The Bertz CT molecular complexity index is 473. The standard InChI is InChI=1S/C10H10ClF3N2O2/c11-4-5-16(6-10(12,13)14)9(18)7-2-1-3-8(17)15-7/h1-3H,4-6H2,(H,15,17). The van der Waals surface area contributed by atoms with Crippen LogP contribution in [0.3, 0.4) is 0 Å². The largest absolute Gasteiger partial charge is 0.406 e. The summed E-state index contributed by atoms with van der Waals surface area (Å²) in [6, 6.07) is 3.69. The van der Waals surface area contributed by atoms with Gasteiger partial charge in [0.25, 0.3) is 5.91 Å². The fraction of sp³-hybridized carbons (Fsp3) is 0.400. The highest BCUT2D eigenvalue weighted by molar-refractivity contribution is 6.18. The second-order valence-corrected chi connectivity index (χ2v) is 3.84. The predicted octanol–water partition coefficient (Wildman–Crippen LogP) is 1.62. The summed E-state index contributed by atoms with van der Waals surface area (Å²) >= 11 is 5.35. The van der Waals surface area contributed by atoms with Gasteiger partial charge in [-0.15, -0.1) is 11.6 Å². The van der Waals surface area contributed by atoms with Gasteiger partial charge in [-0.05, 0) is 6.07 Å². The first-order chi connectivity index (χ1) is 8.33. The normalized spacial score (nSPS) is 11.3. The molecule has 0 unspecified atom stereocenters. The molecule has 100 valence electrons. The zero-order chi connectivity index (χ0) is 13.8. The van der Waals surface area contributed by atoms with Crippen molar-refractivity contribution < 1.29 is 18.0 Å². The molecule has 0 fully saturated rings. The van der Waals surface area contributed by atoms with E-state index in [0.29, 0.717) is 4.90 Å². The molecule has 4 nitrogen and oxygen atoms in total. The van der Waals surface area contributed by atoms with Crippen LogP contribution in [0.25, 0.3) is 0 Å². The fourth-order valence-corrected chi connectivity index (χ4v) is 1.52. The van der Waals surface area contributed by atoms with Crippen LogP contribution in [0.15, 0.2) is 23.0 Å². The Hall–Kier alpha value is -1.50. The molecule has 0 aromatic carbocycles. The average Bonchev–Trinajstić information content (AvgIpc) is 2.26. The quantitative estimate of drug-likeness (QED) is 0.853. The van der Waals surface area contributed by atoms with Crippen molar-refractivity contribution in [1.82, 2.24) is 9.88 Å². The van der Waals surface area contributed by atoms with Gasteiger partial charge in [-0.2, -0.15) is 13.2 Å². The number of H-pyrrole nitrogens is 1. The molecule has 0 saturated heterocycles. The summed E-state index contributed by atoms with van der Waals surface area (Å²) < 4.78 is 36.8. The molecule has 0 spiro atoms. The first-order valence-electron chi connectivity index (χ1n) is 4.95. The molecule has 18 heavy (non-hydrogen) atoms. The van der Waals surface area contributed by atoms with Gasteiger partial charge in [-0.3, -0.25) is 9.59 Å². The lowest BCUT2D eigenvalue weighted by molar-refractivity contribution is -0.140. The van der Waals surface area contributed by atoms with Crippen LogP contribution in [0.2, 0.25) is 0 Å². The minimum Gasteiger partial charge on any atom is -0.327 e. The number of nitrogens with one attached hydrogen (secondary N) is 1. The van der Waals surface area contributed by atoms with Gasteiger partial charge < -0.3 is 9.88 Å². The number of alkyl halides is 4. The number of hydrogen-bond donors (Lipinski definition) is 1. The molecular weight excluding hydrogens is 273 g/mol. The average molecular weight is 283 g/mol. The molecule has 1 N–H and O–H groups in total. The smallest absolute Gasteiger partial charge is 0.327 e. The molecule has 1 heterocycles. The van der Waals surface area contributed by atoms with Crippen LogP contribution < -0.4 is 5.56 Å². The Kier molecular flexibility index (Phi) is 4.77. The summed E-state index contributed by atoms with van der Waals surface area (Å²) in [5.74, 6) is -1.04. The van der Waals surface area contributed by atoms with Crippen molar-refractivity contribution in [3.8, 4) is 0 Å². The van der Waals surface area contributed by atoms with E-state index in [1.807, 2.05) is 0 Å². The number of hydrogen-bond acceptors (Lipinski definition) is 2. The van der Waals surface area contributed by atoms with E-state index in [-0.39, 0.29) is 18.1 Å². The van der Waals surface area contributed by atoms with Crippen molar-refractivity contribution in [2.75, 3.05) is 19.0 Å². The molecule has 0 aliphatic heterocycles. The summed E-state index contributed by atoms with van der Waals surface area (Å²) in [5.41, 5.74) is -0.754. The van der Waals surface area contributed by atoms with Gasteiger partial charge in [0.2, 0.25) is 5.56 Å². The number of carbonyl (C=O) groups is 1. The fourth-order valence-electron chi connectivity index (χ4n) is 1.31. The number of pyridine rings is 1. The van der Waals surface area contributed by atoms with Crippen molar-refractivity contribution in [3.63, 3.8) is 0 Å². The van der Waals surface area contributed by atoms with E-state index >= 15 is 0 Å². The van der Waals surface area contributed by atoms with Crippen LogP contribution in [0.4, 0.5) is 13.2 Å². The monoisotopic (exact) mass is 282 g/mol. The summed E-state index contributed by atoms with van der Waals surface area (Å²) in [4.78, 5) is 25.5. The van der Waals surface area contributed by atoms with Gasteiger partial charge in [0.15, 0.2) is 0 Å². The van der Waals surface area contributed by atoms with E-state index in [1.54, 1.807) is 0 Å². The van der Waals surface area contributed by atoms with Crippen molar-refractivity contribution in [2.24, 2.45) is 0 Å². The molecule has 0 saturated carbocycles. The zero-order valence-electron chi connectivity index (χ0n) is 9.13. The van der Waals surface area contributed by atoms with Gasteiger partial charge in [-0.1, -0.05) is 6.07 Å². The summed E-state index contributed by atoms with van der Waals surface area (Å²) in [5, 5.41) is 0. The Morgan fingerprint density at radius 3 is 2.56 bits per heavy atom. The SMILES string of the molecule is O=C(c1cccc(=O)[nH]1)N(CCCl)CC(F)(F)F.